The van der Waals surface area contributed by atoms with Crippen LogP contribution in [0.15, 0.2) is 34.4 Å². The summed E-state index contributed by atoms with van der Waals surface area (Å²) in [4.78, 5) is 27.6. The van der Waals surface area contributed by atoms with Gasteiger partial charge in [-0.1, -0.05) is 0 Å². The van der Waals surface area contributed by atoms with Crippen molar-refractivity contribution in [1.82, 2.24) is 10.3 Å². The summed E-state index contributed by atoms with van der Waals surface area (Å²) in [7, 11) is 0. The van der Waals surface area contributed by atoms with E-state index in [1.165, 1.54) is 5.01 Å². The second kappa shape index (κ2) is 7.78. The second-order valence-electron chi connectivity index (χ2n) is 5.50. The lowest BCUT2D eigenvalue weighted by atomic mass is 10.0. The van der Waals surface area contributed by atoms with Crippen molar-refractivity contribution in [1.29, 1.82) is 0 Å². The van der Waals surface area contributed by atoms with Gasteiger partial charge in [0.2, 0.25) is 11.9 Å². The van der Waals surface area contributed by atoms with Gasteiger partial charge in [-0.05, 0) is 36.8 Å². The van der Waals surface area contributed by atoms with Crippen molar-refractivity contribution in [2.24, 2.45) is 10.1 Å². The molecule has 2 aliphatic heterocycles. The zero-order chi connectivity index (χ0) is 17.6. The van der Waals surface area contributed by atoms with Crippen LogP contribution in [0.5, 0.6) is 5.75 Å². The summed E-state index contributed by atoms with van der Waals surface area (Å²) in [6.45, 7) is 3.32. The van der Waals surface area contributed by atoms with Crippen molar-refractivity contribution in [3.63, 3.8) is 0 Å². The summed E-state index contributed by atoms with van der Waals surface area (Å²) in [5.74, 6) is 0.619. The van der Waals surface area contributed by atoms with Crippen LogP contribution in [-0.2, 0) is 14.3 Å². The van der Waals surface area contributed by atoms with Crippen molar-refractivity contribution < 1.29 is 19.1 Å². The molecule has 0 unspecified atom stereocenters. The molecule has 0 atom stereocenters. The molecule has 2 heterocycles. The highest BCUT2D eigenvalue weighted by atomic mass is 16.6. The number of guanidine groups is 1. The number of hydrazone groups is 1. The molecule has 8 nitrogen and oxygen atoms in total. The van der Waals surface area contributed by atoms with Crippen LogP contribution in [0.3, 0.4) is 0 Å². The maximum Gasteiger partial charge on any atom is 0.344 e. The van der Waals surface area contributed by atoms with Crippen molar-refractivity contribution in [2.45, 2.75) is 19.8 Å². The normalized spacial score (nSPS) is 16.8. The summed E-state index contributed by atoms with van der Waals surface area (Å²) in [5, 5.41) is 8.84. The van der Waals surface area contributed by atoms with E-state index >= 15 is 0 Å². The summed E-state index contributed by atoms with van der Waals surface area (Å²) in [6, 6.07) is 7.25. The SMILES string of the molecule is CCOC(=O)COc1ccc(C2=NN(C3=NCCN3)C(=O)CC2)cc1. The van der Waals surface area contributed by atoms with Crippen LogP contribution in [0, 0.1) is 0 Å². The van der Waals surface area contributed by atoms with Crippen molar-refractivity contribution in [3.05, 3.63) is 29.8 Å². The van der Waals surface area contributed by atoms with Gasteiger partial charge in [0.15, 0.2) is 6.61 Å². The van der Waals surface area contributed by atoms with Crippen LogP contribution >= 0.6 is 0 Å². The molecule has 0 saturated heterocycles. The first-order chi connectivity index (χ1) is 12.2. The third kappa shape index (κ3) is 4.14. The first-order valence-corrected chi connectivity index (χ1v) is 8.25. The molecule has 1 aromatic rings. The molecule has 0 aliphatic carbocycles. The number of rotatable bonds is 5. The molecule has 0 saturated carbocycles. The Balaban J connectivity index is 1.68. The standard InChI is InChI=1S/C17H20N4O4/c1-2-24-16(23)11-25-13-5-3-12(4-6-13)14-7-8-15(22)21(20-14)17-18-9-10-19-17/h3-6H,2,7-11H2,1H3,(H,18,19). The Hall–Kier alpha value is -2.90. The van der Waals surface area contributed by atoms with Gasteiger partial charge in [-0.25, -0.2) is 9.79 Å². The van der Waals surface area contributed by atoms with Crippen LogP contribution in [0.1, 0.15) is 25.3 Å². The molecule has 8 heteroatoms. The number of aliphatic imine (C=N–C) groups is 1. The first kappa shape index (κ1) is 16.9. The van der Waals surface area contributed by atoms with Crippen LogP contribution < -0.4 is 10.1 Å². The Morgan fingerprint density at radius 3 is 2.76 bits per heavy atom. The molecule has 0 fully saturated rings. The van der Waals surface area contributed by atoms with E-state index in [1.807, 2.05) is 12.1 Å². The van der Waals surface area contributed by atoms with E-state index < -0.39 is 5.97 Å². The smallest absolute Gasteiger partial charge is 0.344 e. The molecule has 1 N–H and O–H groups in total. The van der Waals surface area contributed by atoms with Gasteiger partial charge in [0.05, 0.1) is 18.9 Å². The zero-order valence-corrected chi connectivity index (χ0v) is 14.0. The van der Waals surface area contributed by atoms with E-state index in [1.54, 1.807) is 19.1 Å². The van der Waals surface area contributed by atoms with E-state index in [4.69, 9.17) is 9.47 Å². The third-order valence-corrected chi connectivity index (χ3v) is 3.74. The van der Waals surface area contributed by atoms with Gasteiger partial charge in [-0.3, -0.25) is 4.79 Å². The number of nitrogens with zero attached hydrogens (tertiary/aromatic N) is 3. The number of hydrogen-bond acceptors (Lipinski definition) is 7. The number of hydrogen-bond donors (Lipinski definition) is 1. The van der Waals surface area contributed by atoms with Gasteiger partial charge in [0.1, 0.15) is 5.75 Å². The molecular formula is C17H20N4O4. The Morgan fingerprint density at radius 1 is 1.28 bits per heavy atom. The molecule has 1 aromatic carbocycles. The summed E-state index contributed by atoms with van der Waals surface area (Å²) in [5.41, 5.74) is 1.72. The van der Waals surface area contributed by atoms with Crippen molar-refractivity contribution in [3.8, 4) is 5.75 Å². The van der Waals surface area contributed by atoms with Gasteiger partial charge in [-0.15, -0.1) is 0 Å². The molecule has 0 spiro atoms. The van der Waals surface area contributed by atoms with E-state index in [0.717, 1.165) is 17.8 Å². The third-order valence-electron chi connectivity index (χ3n) is 3.74. The minimum Gasteiger partial charge on any atom is -0.482 e. The number of nitrogens with one attached hydrogen (secondary N) is 1. The maximum absolute atomic E-state index is 12.0. The minimum absolute atomic E-state index is 0.0636. The van der Waals surface area contributed by atoms with Crippen LogP contribution in [0.25, 0.3) is 0 Å². The van der Waals surface area contributed by atoms with E-state index in [0.29, 0.717) is 37.7 Å². The largest absolute Gasteiger partial charge is 0.482 e. The molecular weight excluding hydrogens is 324 g/mol. The van der Waals surface area contributed by atoms with Gasteiger partial charge in [0, 0.05) is 19.4 Å². The highest BCUT2D eigenvalue weighted by Gasteiger charge is 2.26. The number of esters is 1. The molecule has 1 amide bonds. The first-order valence-electron chi connectivity index (χ1n) is 8.25. The van der Waals surface area contributed by atoms with Gasteiger partial charge < -0.3 is 14.8 Å². The number of ether oxygens (including phenoxy) is 2. The van der Waals surface area contributed by atoms with Crippen LogP contribution in [0.2, 0.25) is 0 Å². The minimum atomic E-state index is -0.401. The predicted molar refractivity (Wildman–Crippen MR) is 91.5 cm³/mol. The number of amides is 1. The van der Waals surface area contributed by atoms with E-state index in [9.17, 15) is 9.59 Å². The highest BCUT2D eigenvalue weighted by Crippen LogP contribution is 2.19. The topological polar surface area (TPSA) is 92.6 Å². The molecule has 0 radical (unpaired) electrons. The summed E-state index contributed by atoms with van der Waals surface area (Å²) in [6.07, 6.45) is 0.965. The second-order valence-corrected chi connectivity index (χ2v) is 5.50. The van der Waals surface area contributed by atoms with E-state index in [-0.39, 0.29) is 12.5 Å². The lowest BCUT2D eigenvalue weighted by Gasteiger charge is -2.23. The molecule has 25 heavy (non-hydrogen) atoms. The average molecular weight is 344 g/mol. The summed E-state index contributed by atoms with van der Waals surface area (Å²) < 4.78 is 10.2. The predicted octanol–water partition coefficient (Wildman–Crippen LogP) is 0.914. The fourth-order valence-corrected chi connectivity index (χ4v) is 2.54. The average Bonchev–Trinajstić information content (AvgIpc) is 3.16. The lowest BCUT2D eigenvalue weighted by Crippen LogP contribution is -2.42. The Labute approximate surface area is 145 Å². The number of benzene rings is 1. The Bertz CT molecular complexity index is 712. The van der Waals surface area contributed by atoms with Gasteiger partial charge in [0.25, 0.3) is 0 Å². The lowest BCUT2D eigenvalue weighted by molar-refractivity contribution is -0.145. The molecule has 0 bridgehead atoms. The maximum atomic E-state index is 12.0. The number of carbonyl (C=O) groups excluding carboxylic acids is 2. The van der Waals surface area contributed by atoms with E-state index in [2.05, 4.69) is 15.4 Å². The fourth-order valence-electron chi connectivity index (χ4n) is 2.54. The molecule has 132 valence electrons. The Kier molecular flexibility index (Phi) is 5.27. The fraction of sp³-hybridized carbons (Fsp3) is 0.412. The zero-order valence-electron chi connectivity index (χ0n) is 14.0. The van der Waals surface area contributed by atoms with Crippen LogP contribution in [-0.4, -0.2) is 54.9 Å². The van der Waals surface area contributed by atoms with Gasteiger partial charge >= 0.3 is 5.97 Å². The highest BCUT2D eigenvalue weighted by molar-refractivity contribution is 6.08. The monoisotopic (exact) mass is 344 g/mol. The summed E-state index contributed by atoms with van der Waals surface area (Å²) >= 11 is 0. The Morgan fingerprint density at radius 2 is 2.08 bits per heavy atom. The number of carbonyl (C=O) groups is 2. The van der Waals surface area contributed by atoms with Crippen LogP contribution in [0.4, 0.5) is 0 Å². The quantitative estimate of drug-likeness (QED) is 0.802. The van der Waals surface area contributed by atoms with Gasteiger partial charge in [-0.2, -0.15) is 10.1 Å². The molecule has 2 aliphatic rings. The molecule has 3 rings (SSSR count). The van der Waals surface area contributed by atoms with Crippen molar-refractivity contribution >= 4 is 23.5 Å². The molecule has 0 aromatic heterocycles. The van der Waals surface area contributed by atoms with Crippen molar-refractivity contribution in [2.75, 3.05) is 26.3 Å².